The number of imidazole rings is 1. The van der Waals surface area contributed by atoms with Crippen molar-refractivity contribution in [1.82, 2.24) is 14.9 Å². The van der Waals surface area contributed by atoms with Gasteiger partial charge in [-0.3, -0.25) is 0 Å². The van der Waals surface area contributed by atoms with Gasteiger partial charge in [0.25, 0.3) is 0 Å². The van der Waals surface area contributed by atoms with Crippen LogP contribution in [0.2, 0.25) is 0 Å². The number of rotatable bonds is 3. The molecule has 0 spiro atoms. The lowest BCUT2D eigenvalue weighted by atomic mass is 9.89. The lowest BCUT2D eigenvalue weighted by Gasteiger charge is -2.29. The molecule has 1 N–H and O–H groups in total. The van der Waals surface area contributed by atoms with Crippen molar-refractivity contribution in [2.24, 2.45) is 5.92 Å². The first-order chi connectivity index (χ1) is 10.2. The molecule has 0 amide bonds. The highest BCUT2D eigenvalue weighted by Gasteiger charge is 2.34. The smallest absolute Gasteiger partial charge is 0.110 e. The first-order valence-corrected chi connectivity index (χ1v) is 8.42. The molecule has 2 aromatic rings. The zero-order chi connectivity index (χ0) is 14.4. The molecule has 2 saturated heterocycles. The van der Waals surface area contributed by atoms with Crippen LogP contribution in [0.1, 0.15) is 51.4 Å². The van der Waals surface area contributed by atoms with Gasteiger partial charge in [-0.15, -0.1) is 0 Å². The number of para-hydroxylation sites is 2. The summed E-state index contributed by atoms with van der Waals surface area (Å²) in [4.78, 5) is 4.94. The van der Waals surface area contributed by atoms with Crippen molar-refractivity contribution in [3.63, 3.8) is 0 Å². The quantitative estimate of drug-likeness (QED) is 0.931. The van der Waals surface area contributed by atoms with E-state index in [1.54, 1.807) is 0 Å². The average molecular weight is 283 g/mol. The topological polar surface area (TPSA) is 29.9 Å². The van der Waals surface area contributed by atoms with Gasteiger partial charge in [-0.05, 0) is 57.6 Å². The molecule has 0 radical (unpaired) electrons. The van der Waals surface area contributed by atoms with Crippen LogP contribution in [0.25, 0.3) is 11.0 Å². The highest BCUT2D eigenvalue weighted by atomic mass is 15.1. The van der Waals surface area contributed by atoms with E-state index in [1.165, 1.54) is 37.0 Å². The van der Waals surface area contributed by atoms with Crippen LogP contribution >= 0.6 is 0 Å². The third kappa shape index (κ3) is 2.38. The number of hydrogen-bond donors (Lipinski definition) is 1. The van der Waals surface area contributed by atoms with Crippen LogP contribution in [-0.2, 0) is 6.42 Å². The normalized spacial score (nSPS) is 28.6. The van der Waals surface area contributed by atoms with E-state index in [2.05, 4.69) is 48.0 Å². The average Bonchev–Trinajstić information content (AvgIpc) is 2.98. The van der Waals surface area contributed by atoms with Gasteiger partial charge in [-0.2, -0.15) is 0 Å². The van der Waals surface area contributed by atoms with Crippen LogP contribution in [0.15, 0.2) is 24.3 Å². The first kappa shape index (κ1) is 13.3. The number of hydrogen-bond acceptors (Lipinski definition) is 2. The summed E-state index contributed by atoms with van der Waals surface area (Å²) in [6, 6.07) is 10.6. The molecule has 0 aliphatic carbocycles. The number of aromatic nitrogens is 2. The van der Waals surface area contributed by atoms with E-state index in [0.717, 1.165) is 29.9 Å². The number of nitrogens with zero attached hydrogens (tertiary/aromatic N) is 2. The second kappa shape index (κ2) is 5.13. The summed E-state index contributed by atoms with van der Waals surface area (Å²) in [6.07, 6.45) is 6.56. The molecular formula is C18H25N3. The zero-order valence-corrected chi connectivity index (χ0v) is 13.0. The molecule has 3 nitrogen and oxygen atoms in total. The summed E-state index contributed by atoms with van der Waals surface area (Å²) in [6.45, 7) is 4.54. The predicted molar refractivity (Wildman–Crippen MR) is 86.5 cm³/mol. The third-order valence-electron chi connectivity index (χ3n) is 5.23. The minimum Gasteiger partial charge on any atom is -0.325 e. The third-order valence-corrected chi connectivity index (χ3v) is 5.23. The molecular weight excluding hydrogens is 258 g/mol. The van der Waals surface area contributed by atoms with Gasteiger partial charge in [0, 0.05) is 24.5 Å². The van der Waals surface area contributed by atoms with Crippen molar-refractivity contribution < 1.29 is 0 Å². The van der Waals surface area contributed by atoms with E-state index in [0.29, 0.717) is 6.04 Å². The molecule has 1 aromatic carbocycles. The maximum absolute atomic E-state index is 4.94. The van der Waals surface area contributed by atoms with Gasteiger partial charge in [-0.25, -0.2) is 4.98 Å². The summed E-state index contributed by atoms with van der Waals surface area (Å²) in [5.74, 6) is 2.09. The molecule has 0 saturated carbocycles. The highest BCUT2D eigenvalue weighted by molar-refractivity contribution is 5.76. The predicted octanol–water partition coefficient (Wildman–Crippen LogP) is 3.69. The van der Waals surface area contributed by atoms with Crippen LogP contribution in [0.3, 0.4) is 0 Å². The Kier molecular flexibility index (Phi) is 3.26. The maximum Gasteiger partial charge on any atom is 0.110 e. The fourth-order valence-corrected chi connectivity index (χ4v) is 4.41. The van der Waals surface area contributed by atoms with Crippen molar-refractivity contribution >= 4 is 11.0 Å². The maximum atomic E-state index is 4.94. The molecule has 3 heterocycles. The van der Waals surface area contributed by atoms with E-state index in [-0.39, 0.29) is 0 Å². The minimum atomic E-state index is 0.478. The molecule has 3 heteroatoms. The standard InChI is InChI=1S/C18H25N3/c1-12(2)21-17-6-4-3-5-16(17)20-18(21)11-13-9-14-7-8-15(10-13)19-14/h3-6,12-15,19H,7-11H2,1-2H3. The van der Waals surface area contributed by atoms with Crippen LogP contribution in [0.5, 0.6) is 0 Å². The van der Waals surface area contributed by atoms with Crippen LogP contribution in [-0.4, -0.2) is 21.6 Å². The van der Waals surface area contributed by atoms with Crippen LogP contribution < -0.4 is 5.32 Å². The Morgan fingerprint density at radius 2 is 1.90 bits per heavy atom. The van der Waals surface area contributed by atoms with E-state index in [9.17, 15) is 0 Å². The van der Waals surface area contributed by atoms with Crippen molar-refractivity contribution in [3.8, 4) is 0 Å². The van der Waals surface area contributed by atoms with Crippen molar-refractivity contribution in [2.75, 3.05) is 0 Å². The summed E-state index contributed by atoms with van der Waals surface area (Å²) in [5.41, 5.74) is 2.44. The Morgan fingerprint density at radius 3 is 2.62 bits per heavy atom. The van der Waals surface area contributed by atoms with Crippen molar-refractivity contribution in [1.29, 1.82) is 0 Å². The van der Waals surface area contributed by atoms with E-state index in [4.69, 9.17) is 4.98 Å². The second-order valence-electron chi connectivity index (χ2n) is 7.16. The van der Waals surface area contributed by atoms with E-state index >= 15 is 0 Å². The summed E-state index contributed by atoms with van der Waals surface area (Å²) >= 11 is 0. The Bertz CT molecular complexity index is 631. The number of piperidine rings is 1. The SMILES string of the molecule is CC(C)n1c(CC2CC3CCC(C2)N3)nc2ccccc21. The van der Waals surface area contributed by atoms with Crippen LogP contribution in [0, 0.1) is 5.92 Å². The number of nitrogens with one attached hydrogen (secondary N) is 1. The van der Waals surface area contributed by atoms with Gasteiger partial charge in [0.05, 0.1) is 11.0 Å². The largest absolute Gasteiger partial charge is 0.325 e. The molecule has 21 heavy (non-hydrogen) atoms. The second-order valence-corrected chi connectivity index (χ2v) is 7.16. The monoisotopic (exact) mass is 283 g/mol. The van der Waals surface area contributed by atoms with Gasteiger partial charge in [0.1, 0.15) is 5.82 Å². The summed E-state index contributed by atoms with van der Waals surface area (Å²) in [5, 5.41) is 3.74. The minimum absolute atomic E-state index is 0.478. The molecule has 2 atom stereocenters. The molecule has 4 rings (SSSR count). The number of benzene rings is 1. The summed E-state index contributed by atoms with van der Waals surface area (Å²) < 4.78 is 2.44. The van der Waals surface area contributed by atoms with Crippen LogP contribution in [0.4, 0.5) is 0 Å². The van der Waals surface area contributed by atoms with E-state index in [1.807, 2.05) is 0 Å². The zero-order valence-electron chi connectivity index (χ0n) is 13.0. The molecule has 1 aromatic heterocycles. The van der Waals surface area contributed by atoms with Gasteiger partial charge in [0.15, 0.2) is 0 Å². The molecule has 2 aliphatic heterocycles. The molecule has 2 unspecified atom stereocenters. The highest BCUT2D eigenvalue weighted by Crippen LogP contribution is 2.33. The van der Waals surface area contributed by atoms with Gasteiger partial charge >= 0.3 is 0 Å². The fraction of sp³-hybridized carbons (Fsp3) is 0.611. The molecule has 2 aliphatic rings. The Morgan fingerprint density at radius 1 is 1.19 bits per heavy atom. The Hall–Kier alpha value is -1.35. The molecule has 2 bridgehead atoms. The van der Waals surface area contributed by atoms with Crippen molar-refractivity contribution in [2.45, 2.75) is 64.1 Å². The van der Waals surface area contributed by atoms with Gasteiger partial charge in [0.2, 0.25) is 0 Å². The Balaban J connectivity index is 1.65. The van der Waals surface area contributed by atoms with Gasteiger partial charge < -0.3 is 9.88 Å². The lowest BCUT2D eigenvalue weighted by Crippen LogP contribution is -2.38. The summed E-state index contributed by atoms with van der Waals surface area (Å²) in [7, 11) is 0. The number of fused-ring (bicyclic) bond motifs is 3. The van der Waals surface area contributed by atoms with E-state index < -0.39 is 0 Å². The first-order valence-electron chi connectivity index (χ1n) is 8.42. The molecule has 112 valence electrons. The lowest BCUT2D eigenvalue weighted by molar-refractivity contribution is 0.292. The van der Waals surface area contributed by atoms with Gasteiger partial charge in [-0.1, -0.05) is 12.1 Å². The fourth-order valence-electron chi connectivity index (χ4n) is 4.41. The molecule has 2 fully saturated rings. The Labute approximate surface area is 126 Å². The van der Waals surface area contributed by atoms with Crippen molar-refractivity contribution in [3.05, 3.63) is 30.1 Å².